The molecule has 2 rings (SSSR count). The fourth-order valence-corrected chi connectivity index (χ4v) is 3.45. The Labute approximate surface area is 130 Å². The van der Waals surface area contributed by atoms with Gasteiger partial charge in [-0.2, -0.15) is 0 Å². The van der Waals surface area contributed by atoms with E-state index in [1.165, 1.54) is 12.3 Å². The number of pyridine rings is 1. The molecule has 0 radical (unpaired) electrons. The zero-order chi connectivity index (χ0) is 14.9. The molecular formula is C10H6Br2N2O5S. The first-order valence-electron chi connectivity index (χ1n) is 4.96. The first-order chi connectivity index (χ1) is 9.29. The molecule has 2 heterocycles. The Hall–Kier alpha value is -1.39. The van der Waals surface area contributed by atoms with Gasteiger partial charge >= 0.3 is 5.97 Å². The van der Waals surface area contributed by atoms with E-state index in [1.807, 2.05) is 0 Å². The highest BCUT2D eigenvalue weighted by molar-refractivity contribution is 9.10. The standard InChI is InChI=1S/C10H6Br2N2O5S/c11-5-1-2-8(13-4-5)14-20(17,18)7-3-6(10(15)16)19-9(7)12/h1-4H,(H,13,14)(H,15,16). The van der Waals surface area contributed by atoms with Crippen molar-refractivity contribution in [2.75, 3.05) is 4.72 Å². The first-order valence-corrected chi connectivity index (χ1v) is 8.03. The van der Waals surface area contributed by atoms with Crippen molar-refractivity contribution in [1.29, 1.82) is 0 Å². The van der Waals surface area contributed by atoms with Crippen molar-refractivity contribution in [3.63, 3.8) is 0 Å². The molecule has 2 N–H and O–H groups in total. The van der Waals surface area contributed by atoms with Gasteiger partial charge in [0.15, 0.2) is 4.67 Å². The minimum Gasteiger partial charge on any atom is -0.475 e. The van der Waals surface area contributed by atoms with Gasteiger partial charge in [-0.05, 0) is 44.0 Å². The molecule has 0 aliphatic carbocycles. The lowest BCUT2D eigenvalue weighted by Gasteiger charge is -2.05. The quantitative estimate of drug-likeness (QED) is 0.779. The third-order valence-corrected chi connectivity index (χ3v) is 4.80. The second-order valence-electron chi connectivity index (χ2n) is 3.52. The molecule has 0 aliphatic heterocycles. The zero-order valence-electron chi connectivity index (χ0n) is 9.50. The lowest BCUT2D eigenvalue weighted by molar-refractivity contribution is 0.0661. The van der Waals surface area contributed by atoms with E-state index >= 15 is 0 Å². The molecule has 20 heavy (non-hydrogen) atoms. The number of anilines is 1. The maximum absolute atomic E-state index is 12.1. The van der Waals surface area contributed by atoms with Gasteiger partial charge < -0.3 is 9.52 Å². The van der Waals surface area contributed by atoms with Crippen LogP contribution >= 0.6 is 31.9 Å². The number of hydrogen-bond donors (Lipinski definition) is 2. The van der Waals surface area contributed by atoms with Crippen LogP contribution in [0.25, 0.3) is 0 Å². The molecule has 0 aromatic carbocycles. The molecule has 0 amide bonds. The minimum absolute atomic E-state index is 0.0955. The third-order valence-electron chi connectivity index (χ3n) is 2.12. The Kier molecular flexibility index (Phi) is 4.16. The Balaban J connectivity index is 2.35. The summed E-state index contributed by atoms with van der Waals surface area (Å²) in [5, 5.41) is 8.76. The summed E-state index contributed by atoms with van der Waals surface area (Å²) in [4.78, 5) is 14.3. The number of carbonyl (C=O) groups is 1. The Morgan fingerprint density at radius 1 is 1.35 bits per heavy atom. The van der Waals surface area contributed by atoms with Gasteiger partial charge in [-0.1, -0.05) is 0 Å². The topological polar surface area (TPSA) is 110 Å². The van der Waals surface area contributed by atoms with E-state index in [0.29, 0.717) is 4.47 Å². The number of sulfonamides is 1. The SMILES string of the molecule is O=C(O)c1cc(S(=O)(=O)Nc2ccc(Br)cn2)c(Br)o1. The summed E-state index contributed by atoms with van der Waals surface area (Å²) in [5.41, 5.74) is 0. The van der Waals surface area contributed by atoms with E-state index in [1.54, 1.807) is 6.07 Å². The average molecular weight is 426 g/mol. The number of furan rings is 1. The van der Waals surface area contributed by atoms with Crippen LogP contribution in [0.15, 0.2) is 42.9 Å². The van der Waals surface area contributed by atoms with Crippen LogP contribution in [0, 0.1) is 0 Å². The molecule has 0 saturated carbocycles. The van der Waals surface area contributed by atoms with Crippen molar-refractivity contribution in [3.05, 3.63) is 39.3 Å². The van der Waals surface area contributed by atoms with Crippen LogP contribution in [0.3, 0.4) is 0 Å². The van der Waals surface area contributed by atoms with Crippen LogP contribution in [0.1, 0.15) is 10.6 Å². The number of aromatic carboxylic acids is 1. The van der Waals surface area contributed by atoms with Gasteiger partial charge in [-0.25, -0.2) is 18.2 Å². The van der Waals surface area contributed by atoms with Crippen LogP contribution in [0.5, 0.6) is 0 Å². The van der Waals surface area contributed by atoms with Crippen molar-refractivity contribution >= 4 is 53.7 Å². The normalized spacial score (nSPS) is 11.3. The molecule has 0 spiro atoms. The number of carboxylic acids is 1. The lowest BCUT2D eigenvalue weighted by atomic mass is 10.5. The fraction of sp³-hybridized carbons (Fsp3) is 0. The molecule has 10 heteroatoms. The van der Waals surface area contributed by atoms with Crippen LogP contribution < -0.4 is 4.72 Å². The number of halogens is 2. The molecule has 106 valence electrons. The maximum atomic E-state index is 12.1. The van der Waals surface area contributed by atoms with E-state index in [-0.39, 0.29) is 15.4 Å². The summed E-state index contributed by atoms with van der Waals surface area (Å²) in [6, 6.07) is 3.97. The lowest BCUT2D eigenvalue weighted by Crippen LogP contribution is -2.13. The van der Waals surface area contributed by atoms with Gasteiger partial charge in [-0.3, -0.25) is 4.72 Å². The molecule has 0 fully saturated rings. The van der Waals surface area contributed by atoms with Gasteiger partial charge in [-0.15, -0.1) is 0 Å². The van der Waals surface area contributed by atoms with Gasteiger partial charge in [0, 0.05) is 16.7 Å². The molecule has 2 aromatic heterocycles. The highest BCUT2D eigenvalue weighted by Gasteiger charge is 2.25. The van der Waals surface area contributed by atoms with Gasteiger partial charge in [0.1, 0.15) is 10.7 Å². The number of hydrogen-bond acceptors (Lipinski definition) is 5. The highest BCUT2D eigenvalue weighted by Crippen LogP contribution is 2.27. The van der Waals surface area contributed by atoms with E-state index in [9.17, 15) is 13.2 Å². The van der Waals surface area contributed by atoms with Crippen molar-refractivity contribution in [2.45, 2.75) is 4.90 Å². The van der Waals surface area contributed by atoms with Crippen molar-refractivity contribution in [3.8, 4) is 0 Å². The number of nitrogens with zero attached hydrogens (tertiary/aromatic N) is 1. The molecule has 0 saturated heterocycles. The summed E-state index contributed by atoms with van der Waals surface area (Å²) in [5.74, 6) is -1.76. The third kappa shape index (κ3) is 3.19. The number of rotatable bonds is 4. The summed E-state index contributed by atoms with van der Waals surface area (Å²) in [7, 11) is -4.00. The Bertz CT molecular complexity index is 754. The summed E-state index contributed by atoms with van der Waals surface area (Å²) < 4.78 is 31.7. The van der Waals surface area contributed by atoms with Crippen LogP contribution in [-0.4, -0.2) is 24.5 Å². The second-order valence-corrected chi connectivity index (χ2v) is 6.81. The number of aromatic nitrogens is 1. The second kappa shape index (κ2) is 5.54. The van der Waals surface area contributed by atoms with E-state index in [2.05, 4.69) is 41.6 Å². The minimum atomic E-state index is -4.00. The van der Waals surface area contributed by atoms with Gasteiger partial charge in [0.05, 0.1) is 0 Å². The van der Waals surface area contributed by atoms with E-state index in [4.69, 9.17) is 9.52 Å². The number of nitrogens with one attached hydrogen (secondary N) is 1. The monoisotopic (exact) mass is 424 g/mol. The van der Waals surface area contributed by atoms with Crippen LogP contribution in [-0.2, 0) is 10.0 Å². The first kappa shape index (κ1) is 15.0. The van der Waals surface area contributed by atoms with Gasteiger partial charge in [0.25, 0.3) is 10.0 Å². The maximum Gasteiger partial charge on any atom is 0.371 e. The molecule has 0 unspecified atom stereocenters. The molecule has 0 aliphatic rings. The predicted octanol–water partition coefficient (Wildman–Crippen LogP) is 2.70. The largest absolute Gasteiger partial charge is 0.475 e. The van der Waals surface area contributed by atoms with Crippen molar-refractivity contribution < 1.29 is 22.7 Å². The smallest absolute Gasteiger partial charge is 0.371 e. The summed E-state index contributed by atoms with van der Waals surface area (Å²) in [6.45, 7) is 0. The van der Waals surface area contributed by atoms with Crippen LogP contribution in [0.4, 0.5) is 5.82 Å². The molecule has 7 nitrogen and oxygen atoms in total. The molecular weight excluding hydrogens is 420 g/mol. The summed E-state index contributed by atoms with van der Waals surface area (Å²) in [6.07, 6.45) is 1.42. The molecule has 0 atom stereocenters. The average Bonchev–Trinajstić information content (AvgIpc) is 2.75. The molecule has 0 bridgehead atoms. The summed E-state index contributed by atoms with van der Waals surface area (Å²) >= 11 is 6.04. The van der Waals surface area contributed by atoms with Crippen LogP contribution in [0.2, 0.25) is 0 Å². The highest BCUT2D eigenvalue weighted by atomic mass is 79.9. The van der Waals surface area contributed by atoms with Crippen molar-refractivity contribution in [1.82, 2.24) is 4.98 Å². The Morgan fingerprint density at radius 3 is 2.55 bits per heavy atom. The van der Waals surface area contributed by atoms with E-state index in [0.717, 1.165) is 6.07 Å². The van der Waals surface area contributed by atoms with E-state index < -0.39 is 21.8 Å². The predicted molar refractivity (Wildman–Crippen MR) is 76.1 cm³/mol. The Morgan fingerprint density at radius 2 is 2.05 bits per heavy atom. The van der Waals surface area contributed by atoms with Gasteiger partial charge in [0.2, 0.25) is 5.76 Å². The zero-order valence-corrected chi connectivity index (χ0v) is 13.5. The fourth-order valence-electron chi connectivity index (χ4n) is 1.27. The molecule has 2 aromatic rings. The number of carboxylic acid groups (broad SMARTS) is 1. The van der Waals surface area contributed by atoms with Crippen molar-refractivity contribution in [2.24, 2.45) is 0 Å².